The molecular formula is C17H23Cl2N5O. The van der Waals surface area contributed by atoms with Crippen LogP contribution in [0, 0.1) is 0 Å². The molecule has 1 amide bonds. The SMILES string of the molecule is Cl.Cl.NC(Cc1ccccc1)C(=O)N1CCN(c2cnccn2)CC1. The average Bonchev–Trinajstić information content (AvgIpc) is 2.63. The molecule has 1 aliphatic heterocycles. The molecule has 1 aromatic carbocycles. The second kappa shape index (κ2) is 10.2. The summed E-state index contributed by atoms with van der Waals surface area (Å²) >= 11 is 0. The number of anilines is 1. The molecule has 3 rings (SSSR count). The smallest absolute Gasteiger partial charge is 0.239 e. The van der Waals surface area contributed by atoms with Crippen LogP contribution in [0.1, 0.15) is 5.56 Å². The lowest BCUT2D eigenvalue weighted by Crippen LogP contribution is -2.53. The Morgan fingerprint density at radius 1 is 1.08 bits per heavy atom. The molecule has 1 unspecified atom stereocenters. The van der Waals surface area contributed by atoms with Crippen LogP contribution in [0.2, 0.25) is 0 Å². The van der Waals surface area contributed by atoms with Crippen molar-refractivity contribution in [2.24, 2.45) is 5.73 Å². The first-order valence-electron chi connectivity index (χ1n) is 7.83. The molecule has 1 fully saturated rings. The molecule has 136 valence electrons. The molecule has 1 atom stereocenters. The Bertz CT molecular complexity index is 636. The largest absolute Gasteiger partial charge is 0.352 e. The number of amides is 1. The van der Waals surface area contributed by atoms with Crippen LogP contribution in [0.5, 0.6) is 0 Å². The van der Waals surface area contributed by atoms with E-state index >= 15 is 0 Å². The van der Waals surface area contributed by atoms with E-state index < -0.39 is 6.04 Å². The van der Waals surface area contributed by atoms with E-state index in [1.54, 1.807) is 18.6 Å². The van der Waals surface area contributed by atoms with Gasteiger partial charge < -0.3 is 15.5 Å². The third-order valence-corrected chi connectivity index (χ3v) is 4.08. The third kappa shape index (κ3) is 5.56. The quantitative estimate of drug-likeness (QED) is 0.866. The van der Waals surface area contributed by atoms with Gasteiger partial charge in [-0.3, -0.25) is 9.78 Å². The molecule has 1 saturated heterocycles. The fourth-order valence-corrected chi connectivity index (χ4v) is 2.80. The highest BCUT2D eigenvalue weighted by Gasteiger charge is 2.25. The van der Waals surface area contributed by atoms with E-state index in [0.717, 1.165) is 24.5 Å². The monoisotopic (exact) mass is 383 g/mol. The van der Waals surface area contributed by atoms with E-state index in [-0.39, 0.29) is 30.7 Å². The molecule has 2 heterocycles. The zero-order valence-corrected chi connectivity index (χ0v) is 15.5. The number of benzene rings is 1. The van der Waals surface area contributed by atoms with Crippen molar-refractivity contribution in [2.45, 2.75) is 12.5 Å². The van der Waals surface area contributed by atoms with Crippen molar-refractivity contribution >= 4 is 36.5 Å². The van der Waals surface area contributed by atoms with Crippen LogP contribution in [-0.2, 0) is 11.2 Å². The van der Waals surface area contributed by atoms with Crippen LogP contribution in [0.4, 0.5) is 5.82 Å². The fraction of sp³-hybridized carbons (Fsp3) is 0.353. The first kappa shape index (κ1) is 21.2. The zero-order valence-electron chi connectivity index (χ0n) is 13.8. The predicted molar refractivity (Wildman–Crippen MR) is 103 cm³/mol. The molecule has 25 heavy (non-hydrogen) atoms. The van der Waals surface area contributed by atoms with Gasteiger partial charge in [-0.1, -0.05) is 30.3 Å². The van der Waals surface area contributed by atoms with Gasteiger partial charge in [0.1, 0.15) is 5.82 Å². The standard InChI is InChI=1S/C17H21N5O.2ClH/c18-15(12-14-4-2-1-3-5-14)17(23)22-10-8-21(9-11-22)16-13-19-6-7-20-16;;/h1-7,13,15H,8-12,18H2;2*1H. The van der Waals surface area contributed by atoms with Gasteiger partial charge in [0.2, 0.25) is 5.91 Å². The Morgan fingerprint density at radius 3 is 2.36 bits per heavy atom. The lowest BCUT2D eigenvalue weighted by Gasteiger charge is -2.36. The van der Waals surface area contributed by atoms with Crippen molar-refractivity contribution in [2.75, 3.05) is 31.1 Å². The normalized spacial score (nSPS) is 14.9. The number of nitrogens with zero attached hydrogens (tertiary/aromatic N) is 4. The first-order chi connectivity index (χ1) is 11.2. The summed E-state index contributed by atoms with van der Waals surface area (Å²) in [5.41, 5.74) is 7.19. The number of hydrogen-bond donors (Lipinski definition) is 1. The van der Waals surface area contributed by atoms with Crippen molar-refractivity contribution in [3.8, 4) is 0 Å². The van der Waals surface area contributed by atoms with Crippen LogP contribution < -0.4 is 10.6 Å². The molecule has 0 aliphatic carbocycles. The molecule has 6 nitrogen and oxygen atoms in total. The van der Waals surface area contributed by atoms with Crippen molar-refractivity contribution in [3.05, 3.63) is 54.5 Å². The van der Waals surface area contributed by atoms with Crippen LogP contribution in [-0.4, -0.2) is 53.0 Å². The molecule has 2 aromatic rings. The van der Waals surface area contributed by atoms with Crippen LogP contribution in [0.25, 0.3) is 0 Å². The average molecular weight is 384 g/mol. The number of nitrogens with two attached hydrogens (primary N) is 1. The number of aromatic nitrogens is 2. The van der Waals surface area contributed by atoms with E-state index in [1.807, 2.05) is 35.2 Å². The summed E-state index contributed by atoms with van der Waals surface area (Å²) in [6.45, 7) is 2.83. The van der Waals surface area contributed by atoms with Gasteiger partial charge in [-0.25, -0.2) is 4.98 Å². The lowest BCUT2D eigenvalue weighted by atomic mass is 10.1. The minimum absolute atomic E-state index is 0. The first-order valence-corrected chi connectivity index (χ1v) is 7.83. The maximum absolute atomic E-state index is 12.5. The second-order valence-electron chi connectivity index (χ2n) is 5.67. The molecule has 2 N–H and O–H groups in total. The summed E-state index contributed by atoms with van der Waals surface area (Å²) in [6, 6.07) is 9.40. The molecular weight excluding hydrogens is 361 g/mol. The van der Waals surface area contributed by atoms with Gasteiger partial charge in [0.15, 0.2) is 0 Å². The highest BCUT2D eigenvalue weighted by Crippen LogP contribution is 2.12. The van der Waals surface area contributed by atoms with Gasteiger partial charge >= 0.3 is 0 Å². The molecule has 0 saturated carbocycles. The highest BCUT2D eigenvalue weighted by atomic mass is 35.5. The maximum atomic E-state index is 12.5. The summed E-state index contributed by atoms with van der Waals surface area (Å²) in [7, 11) is 0. The molecule has 0 radical (unpaired) electrons. The van der Waals surface area contributed by atoms with E-state index in [4.69, 9.17) is 5.73 Å². The maximum Gasteiger partial charge on any atom is 0.239 e. The Labute approximate surface area is 160 Å². The van der Waals surface area contributed by atoms with Crippen LogP contribution >= 0.6 is 24.8 Å². The minimum atomic E-state index is -0.486. The number of carbonyl (C=O) groups excluding carboxylic acids is 1. The van der Waals surface area contributed by atoms with Crippen molar-refractivity contribution in [3.63, 3.8) is 0 Å². The van der Waals surface area contributed by atoms with Gasteiger partial charge in [-0.15, -0.1) is 24.8 Å². The molecule has 0 bridgehead atoms. The molecule has 8 heteroatoms. The Morgan fingerprint density at radius 2 is 1.76 bits per heavy atom. The Kier molecular flexibility index (Phi) is 8.61. The van der Waals surface area contributed by atoms with E-state index in [1.165, 1.54) is 0 Å². The predicted octanol–water partition coefficient (Wildman–Crippen LogP) is 1.54. The van der Waals surface area contributed by atoms with E-state index in [9.17, 15) is 4.79 Å². The van der Waals surface area contributed by atoms with E-state index in [0.29, 0.717) is 19.5 Å². The van der Waals surface area contributed by atoms with Gasteiger partial charge in [0, 0.05) is 38.6 Å². The number of halogens is 2. The third-order valence-electron chi connectivity index (χ3n) is 4.08. The summed E-state index contributed by atoms with van der Waals surface area (Å²) in [6.07, 6.45) is 5.66. The zero-order chi connectivity index (χ0) is 16.1. The van der Waals surface area contributed by atoms with Crippen LogP contribution in [0.15, 0.2) is 48.9 Å². The van der Waals surface area contributed by atoms with Gasteiger partial charge in [-0.2, -0.15) is 0 Å². The highest BCUT2D eigenvalue weighted by molar-refractivity contribution is 5.85. The molecule has 0 spiro atoms. The Hall–Kier alpha value is -1.89. The number of piperazine rings is 1. The fourth-order valence-electron chi connectivity index (χ4n) is 2.80. The number of rotatable bonds is 4. The summed E-state index contributed by atoms with van der Waals surface area (Å²) in [4.78, 5) is 24.9. The number of hydrogen-bond acceptors (Lipinski definition) is 5. The van der Waals surface area contributed by atoms with Crippen LogP contribution in [0.3, 0.4) is 0 Å². The topological polar surface area (TPSA) is 75.4 Å². The van der Waals surface area contributed by atoms with Gasteiger partial charge in [0.05, 0.1) is 12.2 Å². The summed E-state index contributed by atoms with van der Waals surface area (Å²) < 4.78 is 0. The molecule has 1 aromatic heterocycles. The number of carbonyl (C=O) groups is 1. The summed E-state index contributed by atoms with van der Waals surface area (Å²) in [5.74, 6) is 0.876. The second-order valence-corrected chi connectivity index (χ2v) is 5.67. The molecule has 1 aliphatic rings. The Balaban J connectivity index is 0.00000156. The minimum Gasteiger partial charge on any atom is -0.352 e. The summed E-state index contributed by atoms with van der Waals surface area (Å²) in [5, 5.41) is 0. The van der Waals surface area contributed by atoms with Gasteiger partial charge in [-0.05, 0) is 12.0 Å². The van der Waals surface area contributed by atoms with E-state index in [2.05, 4.69) is 14.9 Å². The van der Waals surface area contributed by atoms with Gasteiger partial charge in [0.25, 0.3) is 0 Å². The van der Waals surface area contributed by atoms with Crippen molar-refractivity contribution < 1.29 is 4.79 Å². The van der Waals surface area contributed by atoms with Crippen molar-refractivity contribution in [1.29, 1.82) is 0 Å². The lowest BCUT2D eigenvalue weighted by molar-refractivity contribution is -0.132. The van der Waals surface area contributed by atoms with Crippen molar-refractivity contribution in [1.82, 2.24) is 14.9 Å².